The summed E-state index contributed by atoms with van der Waals surface area (Å²) in [6, 6.07) is 0. The molecule has 0 saturated heterocycles. The molecule has 0 bridgehead atoms. The van der Waals surface area contributed by atoms with Gasteiger partial charge in [-0.3, -0.25) is 4.79 Å². The van der Waals surface area contributed by atoms with Gasteiger partial charge in [0.1, 0.15) is 5.78 Å². The highest BCUT2D eigenvalue weighted by atomic mass is 32.1. The van der Waals surface area contributed by atoms with Gasteiger partial charge >= 0.3 is 0 Å². The van der Waals surface area contributed by atoms with Crippen LogP contribution in [-0.4, -0.2) is 22.0 Å². The van der Waals surface area contributed by atoms with Crippen LogP contribution >= 0.6 is 11.3 Å². The van der Waals surface area contributed by atoms with Gasteiger partial charge < -0.3 is 5.11 Å². The van der Waals surface area contributed by atoms with Crippen LogP contribution in [0.15, 0.2) is 11.0 Å². The van der Waals surface area contributed by atoms with E-state index in [9.17, 15) is 9.90 Å². The van der Waals surface area contributed by atoms with Crippen LogP contribution < -0.4 is 0 Å². The first-order chi connectivity index (χ1) is 6.99. The fourth-order valence-corrected chi connectivity index (χ4v) is 1.78. The number of hydrogen-bond acceptors (Lipinski definition) is 4. The van der Waals surface area contributed by atoms with E-state index < -0.39 is 6.10 Å². The van der Waals surface area contributed by atoms with Crippen molar-refractivity contribution >= 4 is 23.2 Å². The molecule has 0 aliphatic carbocycles. The molecular weight excluding hydrogens is 210 g/mol. The number of thiazole rings is 1. The fourth-order valence-electron chi connectivity index (χ4n) is 1.21. The van der Waals surface area contributed by atoms with Crippen molar-refractivity contribution in [3.8, 4) is 0 Å². The van der Waals surface area contributed by atoms with Crippen LogP contribution in [0.3, 0.4) is 0 Å². The summed E-state index contributed by atoms with van der Waals surface area (Å²) in [7, 11) is 0. The molecule has 1 heterocycles. The van der Waals surface area contributed by atoms with Crippen LogP contribution in [0.25, 0.3) is 6.08 Å². The Bertz CT molecular complexity index is 382. The number of carbonyl (C=O) groups is 1. The lowest BCUT2D eigenvalue weighted by molar-refractivity contribution is -0.118. The van der Waals surface area contributed by atoms with E-state index in [-0.39, 0.29) is 12.2 Å². The number of carbonyl (C=O) groups excluding carboxylic acids is 1. The molecule has 82 valence electrons. The number of aliphatic hydroxyl groups excluding tert-OH is 1. The van der Waals surface area contributed by atoms with Crippen molar-refractivity contribution in [2.75, 3.05) is 0 Å². The SMILES string of the molecule is CC(=O)C[C@H](O)/C(C)=C/c1csc(C)n1. The van der Waals surface area contributed by atoms with Gasteiger partial charge in [0.2, 0.25) is 0 Å². The Kier molecular flexibility index (Phi) is 4.17. The molecule has 1 aromatic heterocycles. The standard InChI is InChI=1S/C11H15NO2S/c1-7(11(14)5-8(2)13)4-10-6-15-9(3)12-10/h4,6,11,14H,5H2,1-3H3/b7-4+/t11-/m0/s1. The summed E-state index contributed by atoms with van der Waals surface area (Å²) >= 11 is 1.57. The summed E-state index contributed by atoms with van der Waals surface area (Å²) in [4.78, 5) is 15.1. The van der Waals surface area contributed by atoms with Gasteiger partial charge in [-0.05, 0) is 32.4 Å². The molecule has 0 aliphatic heterocycles. The van der Waals surface area contributed by atoms with Gasteiger partial charge in [-0.25, -0.2) is 4.98 Å². The summed E-state index contributed by atoms with van der Waals surface area (Å²) in [6.45, 7) is 5.22. The van der Waals surface area contributed by atoms with Crippen molar-refractivity contribution in [2.24, 2.45) is 0 Å². The average Bonchev–Trinajstić information content (AvgIpc) is 2.50. The molecule has 0 unspecified atom stereocenters. The van der Waals surface area contributed by atoms with E-state index in [1.807, 2.05) is 25.3 Å². The molecule has 1 N–H and O–H groups in total. The Morgan fingerprint density at radius 1 is 1.67 bits per heavy atom. The predicted octanol–water partition coefficient (Wildman–Crippen LogP) is 2.19. The Morgan fingerprint density at radius 2 is 2.33 bits per heavy atom. The van der Waals surface area contributed by atoms with E-state index in [2.05, 4.69) is 4.98 Å². The van der Waals surface area contributed by atoms with E-state index in [0.717, 1.165) is 16.3 Å². The monoisotopic (exact) mass is 225 g/mol. The van der Waals surface area contributed by atoms with Crippen molar-refractivity contribution in [1.82, 2.24) is 4.98 Å². The molecule has 1 atom stereocenters. The number of ketones is 1. The third-order valence-corrected chi connectivity index (χ3v) is 2.81. The van der Waals surface area contributed by atoms with Crippen LogP contribution in [0, 0.1) is 6.92 Å². The van der Waals surface area contributed by atoms with Gasteiger partial charge in [0.05, 0.1) is 16.8 Å². The van der Waals surface area contributed by atoms with Gasteiger partial charge in [-0.1, -0.05) is 0 Å². The number of Topliss-reactive ketones (excluding diaryl/α,β-unsaturated/α-hetero) is 1. The number of hydrogen-bond donors (Lipinski definition) is 1. The van der Waals surface area contributed by atoms with Crippen LogP contribution in [0.4, 0.5) is 0 Å². The minimum atomic E-state index is -0.690. The normalized spacial score (nSPS) is 14.0. The third kappa shape index (κ3) is 3.93. The maximum Gasteiger partial charge on any atom is 0.132 e. The quantitative estimate of drug-likeness (QED) is 0.854. The summed E-state index contributed by atoms with van der Waals surface area (Å²) in [5, 5.41) is 12.6. The van der Waals surface area contributed by atoms with Crippen LogP contribution in [0.1, 0.15) is 31.0 Å². The first-order valence-electron chi connectivity index (χ1n) is 4.77. The third-order valence-electron chi connectivity index (χ3n) is 2.02. The highest BCUT2D eigenvalue weighted by molar-refractivity contribution is 7.09. The van der Waals surface area contributed by atoms with Crippen LogP contribution in [-0.2, 0) is 4.79 Å². The second kappa shape index (κ2) is 5.19. The highest BCUT2D eigenvalue weighted by Crippen LogP contribution is 2.14. The van der Waals surface area contributed by atoms with Gasteiger partial charge in [-0.15, -0.1) is 11.3 Å². The lowest BCUT2D eigenvalue weighted by Gasteiger charge is -2.08. The fraction of sp³-hybridized carbons (Fsp3) is 0.455. The van der Waals surface area contributed by atoms with E-state index in [4.69, 9.17) is 0 Å². The first kappa shape index (κ1) is 12.1. The maximum absolute atomic E-state index is 10.8. The molecule has 0 aliphatic rings. The number of nitrogens with zero attached hydrogens (tertiary/aromatic N) is 1. The molecule has 0 saturated carbocycles. The molecule has 0 amide bonds. The Labute approximate surface area is 93.5 Å². The Morgan fingerprint density at radius 3 is 2.80 bits per heavy atom. The molecule has 1 rings (SSSR count). The molecule has 1 aromatic rings. The minimum absolute atomic E-state index is 0.00953. The molecule has 4 heteroatoms. The zero-order chi connectivity index (χ0) is 11.4. The molecule has 0 radical (unpaired) electrons. The molecule has 0 aromatic carbocycles. The minimum Gasteiger partial charge on any atom is -0.388 e. The zero-order valence-electron chi connectivity index (χ0n) is 9.15. The molecule has 0 fully saturated rings. The van der Waals surface area contributed by atoms with Crippen LogP contribution in [0.5, 0.6) is 0 Å². The predicted molar refractivity (Wildman–Crippen MR) is 61.8 cm³/mol. The Hall–Kier alpha value is -1.00. The summed E-state index contributed by atoms with van der Waals surface area (Å²) < 4.78 is 0. The van der Waals surface area contributed by atoms with Crippen molar-refractivity contribution < 1.29 is 9.90 Å². The van der Waals surface area contributed by atoms with Crippen molar-refractivity contribution in [3.63, 3.8) is 0 Å². The second-order valence-corrected chi connectivity index (χ2v) is 4.66. The van der Waals surface area contributed by atoms with E-state index in [1.165, 1.54) is 6.92 Å². The first-order valence-corrected chi connectivity index (χ1v) is 5.65. The lowest BCUT2D eigenvalue weighted by Crippen LogP contribution is -2.12. The van der Waals surface area contributed by atoms with Gasteiger partial charge in [0, 0.05) is 11.8 Å². The average molecular weight is 225 g/mol. The smallest absolute Gasteiger partial charge is 0.132 e. The summed E-state index contributed by atoms with van der Waals surface area (Å²) in [6.07, 6.45) is 1.30. The number of aryl methyl sites for hydroxylation is 1. The molecule has 0 spiro atoms. The van der Waals surface area contributed by atoms with E-state index in [0.29, 0.717) is 0 Å². The van der Waals surface area contributed by atoms with Crippen LogP contribution in [0.2, 0.25) is 0 Å². The van der Waals surface area contributed by atoms with E-state index in [1.54, 1.807) is 11.3 Å². The highest BCUT2D eigenvalue weighted by Gasteiger charge is 2.09. The topological polar surface area (TPSA) is 50.2 Å². The Balaban J connectivity index is 2.70. The molecule has 3 nitrogen and oxygen atoms in total. The number of aromatic nitrogens is 1. The molecule has 15 heavy (non-hydrogen) atoms. The number of aliphatic hydroxyl groups is 1. The van der Waals surface area contributed by atoms with E-state index >= 15 is 0 Å². The zero-order valence-corrected chi connectivity index (χ0v) is 9.97. The largest absolute Gasteiger partial charge is 0.388 e. The summed E-state index contributed by atoms with van der Waals surface area (Å²) in [5.74, 6) is -0.00953. The van der Waals surface area contributed by atoms with Gasteiger partial charge in [-0.2, -0.15) is 0 Å². The number of rotatable bonds is 4. The van der Waals surface area contributed by atoms with Gasteiger partial charge in [0.15, 0.2) is 0 Å². The van der Waals surface area contributed by atoms with Crippen molar-refractivity contribution in [3.05, 3.63) is 21.7 Å². The maximum atomic E-state index is 10.8. The van der Waals surface area contributed by atoms with Gasteiger partial charge in [0.25, 0.3) is 0 Å². The second-order valence-electron chi connectivity index (χ2n) is 3.60. The lowest BCUT2D eigenvalue weighted by atomic mass is 10.1. The van der Waals surface area contributed by atoms with Crippen molar-refractivity contribution in [1.29, 1.82) is 0 Å². The van der Waals surface area contributed by atoms with Crippen molar-refractivity contribution in [2.45, 2.75) is 33.3 Å². The summed E-state index contributed by atoms with van der Waals surface area (Å²) in [5.41, 5.74) is 1.62. The molecular formula is C11H15NO2S.